The van der Waals surface area contributed by atoms with Gasteiger partial charge in [-0.2, -0.15) is 0 Å². The van der Waals surface area contributed by atoms with Gasteiger partial charge >= 0.3 is 0 Å². The highest BCUT2D eigenvalue weighted by Gasteiger charge is 2.18. The lowest BCUT2D eigenvalue weighted by molar-refractivity contribution is 0.102. The zero-order valence-corrected chi connectivity index (χ0v) is 13.8. The standard InChI is InChI=1S/C16H17NO5S/c1-21-12-8-11(9-13(10-12)22-2)17-16(18)14-6-4-5-7-15(14)23(3,19)20/h4-10H,1-3H3,(H,17,18). The molecule has 0 atom stereocenters. The van der Waals surface area contributed by atoms with Crippen molar-refractivity contribution in [3.05, 3.63) is 48.0 Å². The minimum Gasteiger partial charge on any atom is -0.497 e. The van der Waals surface area contributed by atoms with Crippen LogP contribution in [-0.4, -0.2) is 34.8 Å². The van der Waals surface area contributed by atoms with E-state index in [0.717, 1.165) is 6.26 Å². The highest BCUT2D eigenvalue weighted by atomic mass is 32.2. The van der Waals surface area contributed by atoms with Crippen LogP contribution in [0.25, 0.3) is 0 Å². The molecule has 7 heteroatoms. The van der Waals surface area contributed by atoms with Crippen molar-refractivity contribution in [1.82, 2.24) is 0 Å². The summed E-state index contributed by atoms with van der Waals surface area (Å²) >= 11 is 0. The van der Waals surface area contributed by atoms with Gasteiger partial charge in [-0.15, -0.1) is 0 Å². The van der Waals surface area contributed by atoms with Gasteiger partial charge in [-0.25, -0.2) is 8.42 Å². The normalized spacial score (nSPS) is 10.9. The molecule has 0 aromatic heterocycles. The van der Waals surface area contributed by atoms with Crippen molar-refractivity contribution in [1.29, 1.82) is 0 Å². The lowest BCUT2D eigenvalue weighted by atomic mass is 10.2. The molecule has 0 saturated heterocycles. The van der Waals surface area contributed by atoms with Crippen molar-refractivity contribution in [2.45, 2.75) is 4.90 Å². The quantitative estimate of drug-likeness (QED) is 0.907. The maximum absolute atomic E-state index is 12.4. The Morgan fingerprint density at radius 3 is 2.09 bits per heavy atom. The van der Waals surface area contributed by atoms with Gasteiger partial charge in [0.1, 0.15) is 11.5 Å². The third-order valence-corrected chi connectivity index (χ3v) is 4.30. The van der Waals surface area contributed by atoms with Crippen molar-refractivity contribution in [2.75, 3.05) is 25.8 Å². The Morgan fingerprint density at radius 1 is 1.00 bits per heavy atom. The van der Waals surface area contributed by atoms with Gasteiger partial charge in [0, 0.05) is 30.1 Å². The Morgan fingerprint density at radius 2 is 1.57 bits per heavy atom. The minimum absolute atomic E-state index is 0.0210. The van der Waals surface area contributed by atoms with Crippen LogP contribution in [0.4, 0.5) is 5.69 Å². The van der Waals surface area contributed by atoms with E-state index in [1.807, 2.05) is 0 Å². The second-order valence-electron chi connectivity index (χ2n) is 4.82. The summed E-state index contributed by atoms with van der Waals surface area (Å²) in [5, 5.41) is 2.66. The molecule has 2 aromatic rings. The first-order chi connectivity index (χ1) is 10.8. The van der Waals surface area contributed by atoms with Crippen LogP contribution in [0.5, 0.6) is 11.5 Å². The summed E-state index contributed by atoms with van der Waals surface area (Å²) in [6, 6.07) is 10.9. The van der Waals surface area contributed by atoms with E-state index in [4.69, 9.17) is 9.47 Å². The molecule has 0 spiro atoms. The molecule has 6 nitrogen and oxygen atoms in total. The van der Waals surface area contributed by atoms with Crippen LogP contribution in [-0.2, 0) is 9.84 Å². The number of anilines is 1. The molecular formula is C16H17NO5S. The van der Waals surface area contributed by atoms with Gasteiger partial charge in [-0.05, 0) is 12.1 Å². The first kappa shape index (κ1) is 16.8. The van der Waals surface area contributed by atoms with Gasteiger partial charge in [-0.3, -0.25) is 4.79 Å². The highest BCUT2D eigenvalue weighted by Crippen LogP contribution is 2.26. The summed E-state index contributed by atoms with van der Waals surface area (Å²) in [5.74, 6) is 0.494. The van der Waals surface area contributed by atoms with Crippen LogP contribution >= 0.6 is 0 Å². The Labute approximate surface area is 135 Å². The molecule has 0 aliphatic rings. The van der Waals surface area contributed by atoms with E-state index in [2.05, 4.69) is 5.32 Å². The molecule has 0 bridgehead atoms. The summed E-state index contributed by atoms with van der Waals surface area (Å²) in [4.78, 5) is 12.4. The predicted molar refractivity (Wildman–Crippen MR) is 87.1 cm³/mol. The van der Waals surface area contributed by atoms with Crippen LogP contribution < -0.4 is 14.8 Å². The van der Waals surface area contributed by atoms with E-state index >= 15 is 0 Å². The van der Waals surface area contributed by atoms with Gasteiger partial charge in [0.2, 0.25) is 0 Å². The molecule has 1 amide bonds. The largest absolute Gasteiger partial charge is 0.497 e. The Hall–Kier alpha value is -2.54. The molecule has 2 aromatic carbocycles. The maximum atomic E-state index is 12.4. The van der Waals surface area contributed by atoms with E-state index in [9.17, 15) is 13.2 Å². The predicted octanol–water partition coefficient (Wildman–Crippen LogP) is 2.36. The van der Waals surface area contributed by atoms with E-state index in [1.54, 1.807) is 30.3 Å². The van der Waals surface area contributed by atoms with Crippen molar-refractivity contribution in [2.24, 2.45) is 0 Å². The van der Waals surface area contributed by atoms with Crippen LogP contribution in [0, 0.1) is 0 Å². The molecule has 122 valence electrons. The molecular weight excluding hydrogens is 318 g/mol. The van der Waals surface area contributed by atoms with E-state index < -0.39 is 15.7 Å². The summed E-state index contributed by atoms with van der Waals surface area (Å²) in [6.07, 6.45) is 1.06. The van der Waals surface area contributed by atoms with Gasteiger partial charge < -0.3 is 14.8 Å². The fourth-order valence-corrected chi connectivity index (χ4v) is 2.94. The summed E-state index contributed by atoms with van der Waals surface area (Å²) in [5.41, 5.74) is 0.520. The minimum atomic E-state index is -3.51. The van der Waals surface area contributed by atoms with Gasteiger partial charge in [0.15, 0.2) is 9.84 Å². The topological polar surface area (TPSA) is 81.7 Å². The van der Waals surface area contributed by atoms with Crippen molar-refractivity contribution in [3.63, 3.8) is 0 Å². The average Bonchev–Trinajstić information content (AvgIpc) is 2.53. The Bertz CT molecular complexity index is 808. The first-order valence-electron chi connectivity index (χ1n) is 6.68. The first-order valence-corrected chi connectivity index (χ1v) is 8.58. The summed E-state index contributed by atoms with van der Waals surface area (Å²) in [6.45, 7) is 0. The summed E-state index contributed by atoms with van der Waals surface area (Å²) in [7, 11) is -0.508. The highest BCUT2D eigenvalue weighted by molar-refractivity contribution is 7.90. The molecule has 0 radical (unpaired) electrons. The number of sulfone groups is 1. The number of carbonyl (C=O) groups is 1. The lowest BCUT2D eigenvalue weighted by Gasteiger charge is -2.11. The number of ether oxygens (including phenoxy) is 2. The fourth-order valence-electron chi connectivity index (χ4n) is 2.06. The number of benzene rings is 2. The van der Waals surface area contributed by atoms with Crippen LogP contribution in [0.15, 0.2) is 47.4 Å². The van der Waals surface area contributed by atoms with Crippen molar-refractivity contribution in [3.8, 4) is 11.5 Å². The second kappa shape index (κ2) is 6.70. The number of rotatable bonds is 5. The van der Waals surface area contributed by atoms with Crippen molar-refractivity contribution >= 4 is 21.4 Å². The number of hydrogen-bond acceptors (Lipinski definition) is 5. The van der Waals surface area contributed by atoms with E-state index in [0.29, 0.717) is 17.2 Å². The molecule has 0 heterocycles. The SMILES string of the molecule is COc1cc(NC(=O)c2ccccc2S(C)(=O)=O)cc(OC)c1. The third kappa shape index (κ3) is 4.01. The Kier molecular flexibility index (Phi) is 4.90. The molecule has 0 unspecified atom stereocenters. The number of hydrogen-bond donors (Lipinski definition) is 1. The van der Waals surface area contributed by atoms with Crippen LogP contribution in [0.1, 0.15) is 10.4 Å². The molecule has 0 aliphatic carbocycles. The smallest absolute Gasteiger partial charge is 0.256 e. The monoisotopic (exact) mass is 335 g/mol. The van der Waals surface area contributed by atoms with Crippen LogP contribution in [0.2, 0.25) is 0 Å². The lowest BCUT2D eigenvalue weighted by Crippen LogP contribution is -2.16. The average molecular weight is 335 g/mol. The molecule has 2 rings (SSSR count). The zero-order valence-electron chi connectivity index (χ0n) is 13.0. The van der Waals surface area contributed by atoms with Gasteiger partial charge in [-0.1, -0.05) is 12.1 Å². The molecule has 0 fully saturated rings. The number of methoxy groups -OCH3 is 2. The number of carbonyl (C=O) groups excluding carboxylic acids is 1. The second-order valence-corrected chi connectivity index (χ2v) is 6.81. The zero-order chi connectivity index (χ0) is 17.0. The van der Waals surface area contributed by atoms with E-state index in [1.165, 1.54) is 26.4 Å². The fraction of sp³-hybridized carbons (Fsp3) is 0.188. The molecule has 23 heavy (non-hydrogen) atoms. The maximum Gasteiger partial charge on any atom is 0.256 e. The van der Waals surface area contributed by atoms with E-state index in [-0.39, 0.29) is 10.5 Å². The Balaban J connectivity index is 2.37. The van der Waals surface area contributed by atoms with Gasteiger partial charge in [0.25, 0.3) is 5.91 Å². The third-order valence-electron chi connectivity index (χ3n) is 3.14. The van der Waals surface area contributed by atoms with Crippen LogP contribution in [0.3, 0.4) is 0 Å². The number of nitrogens with one attached hydrogen (secondary N) is 1. The van der Waals surface area contributed by atoms with Gasteiger partial charge in [0.05, 0.1) is 24.7 Å². The van der Waals surface area contributed by atoms with Crippen molar-refractivity contribution < 1.29 is 22.7 Å². The molecule has 0 aliphatic heterocycles. The molecule has 0 saturated carbocycles. The summed E-state index contributed by atoms with van der Waals surface area (Å²) < 4.78 is 33.9. The molecule has 1 N–H and O–H groups in total. The number of amides is 1.